The number of hydrogen-bond donors (Lipinski definition) is 2. The van der Waals surface area contributed by atoms with Crippen molar-refractivity contribution in [1.29, 1.82) is 0 Å². The molecule has 30 heavy (non-hydrogen) atoms. The van der Waals surface area contributed by atoms with Gasteiger partial charge in [0.15, 0.2) is 0 Å². The molecule has 2 N–H and O–H groups in total. The van der Waals surface area contributed by atoms with Crippen molar-refractivity contribution in [3.63, 3.8) is 0 Å². The highest BCUT2D eigenvalue weighted by Gasteiger charge is 2.30. The smallest absolute Gasteiger partial charge is 0.303 e. The van der Waals surface area contributed by atoms with E-state index in [0.29, 0.717) is 25.0 Å². The Labute approximate surface area is 175 Å². The van der Waals surface area contributed by atoms with Gasteiger partial charge in [0.1, 0.15) is 0 Å². The van der Waals surface area contributed by atoms with Gasteiger partial charge in [0.2, 0.25) is 12.1 Å². The number of fused-ring (bicyclic) bond motifs is 1. The van der Waals surface area contributed by atoms with E-state index in [9.17, 15) is 14.4 Å². The second kappa shape index (κ2) is 9.82. The fourth-order valence-electron chi connectivity index (χ4n) is 3.41. The lowest BCUT2D eigenvalue weighted by atomic mass is 10.0. The Morgan fingerprint density at radius 3 is 2.40 bits per heavy atom. The third-order valence-corrected chi connectivity index (χ3v) is 4.98. The van der Waals surface area contributed by atoms with Crippen molar-refractivity contribution in [2.24, 2.45) is 4.99 Å². The number of benzodiazepines with no additional fused rings is 1. The first-order valence-electron chi connectivity index (χ1n) is 9.98. The summed E-state index contributed by atoms with van der Waals surface area (Å²) in [6, 6.07) is 17.1. The van der Waals surface area contributed by atoms with Crippen molar-refractivity contribution in [3.8, 4) is 0 Å². The SMILES string of the molecule is CN1C(=O)C(NC(=O)CCCCCC(=O)O)N=C(c2ccccc2)c2ccccc21. The maximum atomic E-state index is 13.0. The lowest BCUT2D eigenvalue weighted by molar-refractivity contribution is -0.137. The van der Waals surface area contributed by atoms with E-state index in [0.717, 1.165) is 16.8 Å². The average molecular weight is 407 g/mol. The number of carboxylic acids is 1. The number of carbonyl (C=O) groups is 3. The normalized spacial score (nSPS) is 15.8. The largest absolute Gasteiger partial charge is 0.481 e. The molecule has 1 aliphatic rings. The molecule has 0 fully saturated rings. The minimum atomic E-state index is -1.02. The molecular formula is C23H25N3O4. The summed E-state index contributed by atoms with van der Waals surface area (Å²) < 4.78 is 0. The number of benzene rings is 2. The van der Waals surface area contributed by atoms with Crippen LogP contribution >= 0.6 is 0 Å². The number of anilines is 1. The molecule has 0 radical (unpaired) electrons. The first-order chi connectivity index (χ1) is 14.5. The van der Waals surface area contributed by atoms with E-state index in [-0.39, 0.29) is 24.7 Å². The first-order valence-corrected chi connectivity index (χ1v) is 9.98. The van der Waals surface area contributed by atoms with Crippen LogP contribution < -0.4 is 10.2 Å². The number of amides is 2. The summed E-state index contributed by atoms with van der Waals surface area (Å²) >= 11 is 0. The van der Waals surface area contributed by atoms with Crippen molar-refractivity contribution in [2.75, 3.05) is 11.9 Å². The van der Waals surface area contributed by atoms with Gasteiger partial charge < -0.3 is 15.3 Å². The summed E-state index contributed by atoms with van der Waals surface area (Å²) in [6.07, 6.45) is 1.02. The van der Waals surface area contributed by atoms with E-state index in [4.69, 9.17) is 5.11 Å². The number of likely N-dealkylation sites (N-methyl/N-ethyl adjacent to an activating group) is 1. The average Bonchev–Trinajstić information content (AvgIpc) is 2.85. The van der Waals surface area contributed by atoms with Crippen molar-refractivity contribution in [2.45, 2.75) is 38.3 Å². The number of hydrogen-bond acceptors (Lipinski definition) is 4. The minimum absolute atomic E-state index is 0.0938. The van der Waals surface area contributed by atoms with Gasteiger partial charge in [0.25, 0.3) is 5.91 Å². The standard InChI is InChI=1S/C23H25N3O4/c1-26-18-13-9-8-12-17(18)21(16-10-4-2-5-11-16)25-22(23(26)30)24-19(27)14-6-3-7-15-20(28)29/h2,4-5,8-13,22H,3,6-7,14-15H2,1H3,(H,24,27)(H,28,29). The van der Waals surface area contributed by atoms with Crippen LogP contribution in [0.3, 0.4) is 0 Å². The molecule has 0 saturated heterocycles. The summed E-state index contributed by atoms with van der Waals surface area (Å²) in [4.78, 5) is 42.2. The number of rotatable bonds is 8. The predicted octanol–water partition coefficient (Wildman–Crippen LogP) is 2.98. The summed E-state index contributed by atoms with van der Waals surface area (Å²) in [6.45, 7) is 0. The molecule has 0 saturated carbocycles. The Hall–Kier alpha value is -3.48. The van der Waals surface area contributed by atoms with Crippen LogP contribution in [-0.2, 0) is 14.4 Å². The molecule has 7 heteroatoms. The molecule has 3 rings (SSSR count). The molecular weight excluding hydrogens is 382 g/mol. The zero-order valence-corrected chi connectivity index (χ0v) is 16.9. The predicted molar refractivity (Wildman–Crippen MR) is 115 cm³/mol. The second-order valence-electron chi connectivity index (χ2n) is 7.18. The van der Waals surface area contributed by atoms with Gasteiger partial charge in [-0.15, -0.1) is 0 Å². The van der Waals surface area contributed by atoms with Gasteiger partial charge in [0, 0.05) is 31.0 Å². The van der Waals surface area contributed by atoms with Crippen molar-refractivity contribution >= 4 is 29.2 Å². The molecule has 1 unspecified atom stereocenters. The fraction of sp³-hybridized carbons (Fsp3) is 0.304. The Balaban J connectivity index is 1.80. The van der Waals surface area contributed by atoms with E-state index in [1.165, 1.54) is 4.90 Å². The summed E-state index contributed by atoms with van der Waals surface area (Å²) in [5.41, 5.74) is 3.07. The Bertz CT molecular complexity index is 956. The van der Waals surface area contributed by atoms with Crippen molar-refractivity contribution < 1.29 is 19.5 Å². The molecule has 0 bridgehead atoms. The summed E-state index contributed by atoms with van der Waals surface area (Å²) in [5.74, 6) is -1.43. The lowest BCUT2D eigenvalue weighted by Gasteiger charge is -2.20. The lowest BCUT2D eigenvalue weighted by Crippen LogP contribution is -2.46. The van der Waals surface area contributed by atoms with E-state index >= 15 is 0 Å². The van der Waals surface area contributed by atoms with E-state index in [2.05, 4.69) is 10.3 Å². The molecule has 2 aromatic carbocycles. The fourth-order valence-corrected chi connectivity index (χ4v) is 3.41. The molecule has 2 aromatic rings. The first kappa shape index (κ1) is 21.2. The third kappa shape index (κ3) is 5.11. The number of nitrogens with one attached hydrogen (secondary N) is 1. The Kier molecular flexibility index (Phi) is 6.95. The second-order valence-corrected chi connectivity index (χ2v) is 7.18. The zero-order valence-electron chi connectivity index (χ0n) is 16.9. The van der Waals surface area contributed by atoms with Gasteiger partial charge in [-0.05, 0) is 18.9 Å². The monoisotopic (exact) mass is 407 g/mol. The van der Waals surface area contributed by atoms with Crippen LogP contribution in [0.4, 0.5) is 5.69 Å². The van der Waals surface area contributed by atoms with E-state index in [1.54, 1.807) is 7.05 Å². The number of unbranched alkanes of at least 4 members (excludes halogenated alkanes) is 2. The van der Waals surface area contributed by atoms with Gasteiger partial charge in [-0.3, -0.25) is 14.4 Å². The molecule has 0 spiro atoms. The number of aliphatic imine (C=N–C) groups is 1. The highest BCUT2D eigenvalue weighted by atomic mass is 16.4. The van der Waals surface area contributed by atoms with Crippen LogP contribution in [-0.4, -0.2) is 41.8 Å². The van der Waals surface area contributed by atoms with Gasteiger partial charge in [0.05, 0.1) is 11.4 Å². The Morgan fingerprint density at radius 1 is 1.00 bits per heavy atom. The molecule has 0 aliphatic carbocycles. The molecule has 1 atom stereocenters. The molecule has 7 nitrogen and oxygen atoms in total. The maximum absolute atomic E-state index is 13.0. The molecule has 156 valence electrons. The quantitative estimate of drug-likeness (QED) is 0.657. The number of para-hydroxylation sites is 1. The van der Waals surface area contributed by atoms with Crippen LogP contribution in [0.15, 0.2) is 59.6 Å². The Morgan fingerprint density at radius 2 is 1.67 bits per heavy atom. The minimum Gasteiger partial charge on any atom is -0.481 e. The zero-order chi connectivity index (χ0) is 21.5. The van der Waals surface area contributed by atoms with Gasteiger partial charge in [-0.2, -0.15) is 0 Å². The highest BCUT2D eigenvalue weighted by molar-refractivity contribution is 6.20. The van der Waals surface area contributed by atoms with E-state index in [1.807, 2.05) is 54.6 Å². The topological polar surface area (TPSA) is 99.1 Å². The van der Waals surface area contributed by atoms with Crippen LogP contribution in [0.2, 0.25) is 0 Å². The third-order valence-electron chi connectivity index (χ3n) is 4.98. The van der Waals surface area contributed by atoms with Crippen molar-refractivity contribution in [3.05, 3.63) is 65.7 Å². The van der Waals surface area contributed by atoms with Gasteiger partial charge >= 0.3 is 5.97 Å². The van der Waals surface area contributed by atoms with Gasteiger partial charge in [-0.1, -0.05) is 55.0 Å². The number of carboxylic acid groups (broad SMARTS) is 1. The number of nitrogens with zero attached hydrogens (tertiary/aromatic N) is 2. The summed E-state index contributed by atoms with van der Waals surface area (Å²) in [5, 5.41) is 11.4. The molecule has 0 aromatic heterocycles. The number of aliphatic carboxylic acids is 1. The number of carbonyl (C=O) groups excluding carboxylic acids is 2. The van der Waals surface area contributed by atoms with E-state index < -0.39 is 12.1 Å². The van der Waals surface area contributed by atoms with Crippen molar-refractivity contribution in [1.82, 2.24) is 5.32 Å². The summed E-state index contributed by atoms with van der Waals surface area (Å²) in [7, 11) is 1.68. The highest BCUT2D eigenvalue weighted by Crippen LogP contribution is 2.27. The molecule has 2 amide bonds. The van der Waals surface area contributed by atoms with Crippen LogP contribution in [0.1, 0.15) is 43.2 Å². The van der Waals surface area contributed by atoms with Crippen LogP contribution in [0.25, 0.3) is 0 Å². The van der Waals surface area contributed by atoms with Crippen LogP contribution in [0, 0.1) is 0 Å². The van der Waals surface area contributed by atoms with Gasteiger partial charge in [-0.25, -0.2) is 4.99 Å². The molecule has 1 heterocycles. The molecule has 1 aliphatic heterocycles. The maximum Gasteiger partial charge on any atom is 0.303 e. The van der Waals surface area contributed by atoms with Crippen LogP contribution in [0.5, 0.6) is 0 Å².